The zero-order valence-electron chi connectivity index (χ0n) is 20.2. The highest BCUT2D eigenvalue weighted by Crippen LogP contribution is 2.36. The number of hydrogen-bond donors (Lipinski definition) is 2. The molecule has 0 spiro atoms. The van der Waals surface area contributed by atoms with Gasteiger partial charge in [-0.2, -0.15) is 0 Å². The minimum absolute atomic E-state index is 0.00926. The average Bonchev–Trinajstić information content (AvgIpc) is 2.75. The van der Waals surface area contributed by atoms with Crippen LogP contribution in [0, 0.1) is 0 Å². The summed E-state index contributed by atoms with van der Waals surface area (Å²) in [5.41, 5.74) is 1.82. The second kappa shape index (κ2) is 10.2. The zero-order chi connectivity index (χ0) is 24.0. The van der Waals surface area contributed by atoms with Crippen molar-refractivity contribution in [3.8, 4) is 11.5 Å². The number of hydrogen-bond acceptors (Lipinski definition) is 4. The van der Waals surface area contributed by atoms with Crippen molar-refractivity contribution in [2.24, 2.45) is 0 Å². The molecule has 0 aliphatic heterocycles. The second-order valence-corrected chi connectivity index (χ2v) is 9.84. The first-order chi connectivity index (χ1) is 14.8. The number of aromatic hydroxyl groups is 2. The molecule has 0 atom stereocenters. The van der Waals surface area contributed by atoms with Crippen LogP contribution in [0.15, 0.2) is 78.9 Å². The van der Waals surface area contributed by atoms with Crippen LogP contribution < -0.4 is 0 Å². The molecule has 4 heteroatoms. The van der Waals surface area contributed by atoms with E-state index in [1.165, 1.54) is 6.07 Å². The van der Waals surface area contributed by atoms with Gasteiger partial charge in [0, 0.05) is 5.56 Å². The van der Waals surface area contributed by atoms with Crippen molar-refractivity contribution in [3.63, 3.8) is 0 Å². The topological polar surface area (TPSA) is 58.9 Å². The minimum Gasteiger partial charge on any atom is -0.504 e. The van der Waals surface area contributed by atoms with Crippen LogP contribution in [0.2, 0.25) is 0 Å². The summed E-state index contributed by atoms with van der Waals surface area (Å²) in [5.74, 6) is -0.0626. The molecule has 3 aromatic rings. The standard InChI is InChI=1S/C18H22O2.C10H14O2/c1-17(2,15-11-7-5-8-12-15)19-20-18(3,4)16-13-9-6-10-14-16;1-10(2,3)7-5-4-6-8(11)9(7)12/h5-14H,1-4H3;4-6,11-12H,1-3H3. The van der Waals surface area contributed by atoms with Gasteiger partial charge in [0.25, 0.3) is 0 Å². The smallest absolute Gasteiger partial charge is 0.161 e. The molecule has 0 aliphatic carbocycles. The van der Waals surface area contributed by atoms with Gasteiger partial charge in [-0.15, -0.1) is 0 Å². The van der Waals surface area contributed by atoms with Crippen molar-refractivity contribution in [1.82, 2.24) is 0 Å². The molecule has 0 aromatic heterocycles. The van der Waals surface area contributed by atoms with Crippen molar-refractivity contribution in [1.29, 1.82) is 0 Å². The maximum atomic E-state index is 9.48. The third-order valence-corrected chi connectivity index (χ3v) is 5.22. The van der Waals surface area contributed by atoms with Crippen LogP contribution in [-0.4, -0.2) is 10.2 Å². The predicted molar refractivity (Wildman–Crippen MR) is 130 cm³/mol. The quantitative estimate of drug-likeness (QED) is 0.252. The Labute approximate surface area is 192 Å². The van der Waals surface area contributed by atoms with Gasteiger partial charge >= 0.3 is 0 Å². The molecule has 3 rings (SSSR count). The average molecular weight is 437 g/mol. The SMILES string of the molecule is CC(C)(C)c1cccc(O)c1O.CC(C)(OOC(C)(C)c1ccccc1)c1ccccc1. The van der Waals surface area contributed by atoms with Gasteiger partial charge < -0.3 is 10.2 Å². The maximum Gasteiger partial charge on any atom is 0.161 e. The molecule has 0 unspecified atom stereocenters. The molecule has 172 valence electrons. The number of benzene rings is 3. The van der Waals surface area contributed by atoms with E-state index in [0.717, 1.165) is 16.7 Å². The van der Waals surface area contributed by atoms with Gasteiger partial charge in [0.2, 0.25) is 0 Å². The Balaban J connectivity index is 0.000000258. The summed E-state index contributed by atoms with van der Waals surface area (Å²) in [5, 5.41) is 18.7. The van der Waals surface area contributed by atoms with Crippen LogP contribution in [0.25, 0.3) is 0 Å². The molecule has 0 radical (unpaired) electrons. The molecule has 0 heterocycles. The predicted octanol–water partition coefficient (Wildman–Crippen LogP) is 7.20. The molecule has 0 aliphatic rings. The Morgan fingerprint density at radius 1 is 0.531 bits per heavy atom. The summed E-state index contributed by atoms with van der Waals surface area (Å²) in [6.07, 6.45) is 0. The Morgan fingerprint density at radius 3 is 1.28 bits per heavy atom. The molecule has 0 bridgehead atoms. The van der Waals surface area contributed by atoms with Crippen LogP contribution in [0.5, 0.6) is 11.5 Å². The molecule has 0 saturated carbocycles. The maximum absolute atomic E-state index is 9.48. The van der Waals surface area contributed by atoms with Crippen molar-refractivity contribution in [2.45, 2.75) is 65.1 Å². The lowest BCUT2D eigenvalue weighted by Gasteiger charge is -2.31. The summed E-state index contributed by atoms with van der Waals surface area (Å²) >= 11 is 0. The van der Waals surface area contributed by atoms with Crippen LogP contribution in [-0.2, 0) is 26.4 Å². The van der Waals surface area contributed by atoms with E-state index in [9.17, 15) is 10.2 Å². The van der Waals surface area contributed by atoms with Crippen molar-refractivity contribution in [3.05, 3.63) is 95.6 Å². The van der Waals surface area contributed by atoms with Gasteiger partial charge in [-0.3, -0.25) is 0 Å². The normalized spacial score (nSPS) is 12.1. The molecule has 3 aromatic carbocycles. The van der Waals surface area contributed by atoms with E-state index in [0.29, 0.717) is 0 Å². The first-order valence-corrected chi connectivity index (χ1v) is 10.8. The molecule has 0 amide bonds. The Kier molecular flexibility index (Phi) is 8.11. The van der Waals surface area contributed by atoms with E-state index in [-0.39, 0.29) is 16.9 Å². The molecule has 32 heavy (non-hydrogen) atoms. The van der Waals surface area contributed by atoms with Crippen LogP contribution in [0.1, 0.15) is 65.2 Å². The van der Waals surface area contributed by atoms with Crippen molar-refractivity contribution in [2.75, 3.05) is 0 Å². The van der Waals surface area contributed by atoms with Crippen LogP contribution in [0.3, 0.4) is 0 Å². The largest absolute Gasteiger partial charge is 0.504 e. The van der Waals surface area contributed by atoms with Gasteiger partial charge in [-0.05, 0) is 50.3 Å². The molecule has 0 saturated heterocycles. The molecule has 4 nitrogen and oxygen atoms in total. The van der Waals surface area contributed by atoms with Gasteiger partial charge in [0.1, 0.15) is 11.2 Å². The first-order valence-electron chi connectivity index (χ1n) is 10.8. The van der Waals surface area contributed by atoms with E-state index >= 15 is 0 Å². The summed E-state index contributed by atoms with van der Waals surface area (Å²) in [6, 6.07) is 25.2. The van der Waals surface area contributed by atoms with E-state index in [1.54, 1.807) is 6.07 Å². The fourth-order valence-corrected chi connectivity index (χ4v) is 3.12. The van der Waals surface area contributed by atoms with E-state index in [1.807, 2.05) is 115 Å². The van der Waals surface area contributed by atoms with E-state index in [4.69, 9.17) is 9.78 Å². The third-order valence-electron chi connectivity index (χ3n) is 5.22. The van der Waals surface area contributed by atoms with Crippen molar-refractivity contribution < 1.29 is 20.0 Å². The summed E-state index contributed by atoms with van der Waals surface area (Å²) in [7, 11) is 0. The van der Waals surface area contributed by atoms with Gasteiger partial charge in [-0.25, -0.2) is 9.78 Å². The molecular formula is C28H36O4. The van der Waals surface area contributed by atoms with Crippen LogP contribution >= 0.6 is 0 Å². The fourth-order valence-electron chi connectivity index (χ4n) is 3.12. The fraction of sp³-hybridized carbons (Fsp3) is 0.357. The number of phenolic OH excluding ortho intramolecular Hbond substituents is 2. The number of phenols is 2. The Hall–Kier alpha value is -2.82. The summed E-state index contributed by atoms with van der Waals surface area (Å²) in [4.78, 5) is 11.5. The van der Waals surface area contributed by atoms with Gasteiger partial charge in [-0.1, -0.05) is 93.6 Å². The number of para-hydroxylation sites is 1. The van der Waals surface area contributed by atoms with Gasteiger partial charge in [0.05, 0.1) is 0 Å². The summed E-state index contributed by atoms with van der Waals surface area (Å²) in [6.45, 7) is 14.0. The highest BCUT2D eigenvalue weighted by atomic mass is 17.2. The lowest BCUT2D eigenvalue weighted by Crippen LogP contribution is -2.29. The van der Waals surface area contributed by atoms with Crippen LogP contribution in [0.4, 0.5) is 0 Å². The molecule has 2 N–H and O–H groups in total. The monoisotopic (exact) mass is 436 g/mol. The highest BCUT2D eigenvalue weighted by Gasteiger charge is 2.29. The zero-order valence-corrected chi connectivity index (χ0v) is 20.2. The van der Waals surface area contributed by atoms with Crippen molar-refractivity contribution >= 4 is 0 Å². The lowest BCUT2D eigenvalue weighted by atomic mass is 9.86. The lowest BCUT2D eigenvalue weighted by molar-refractivity contribution is -0.410. The van der Waals surface area contributed by atoms with E-state index in [2.05, 4.69) is 0 Å². The Bertz CT molecular complexity index is 920. The second-order valence-electron chi connectivity index (χ2n) is 9.84. The molecular weight excluding hydrogens is 400 g/mol. The first kappa shape index (κ1) is 25.4. The Morgan fingerprint density at radius 2 is 0.938 bits per heavy atom. The summed E-state index contributed by atoms with van der Waals surface area (Å²) < 4.78 is 0. The number of rotatable bonds is 5. The highest BCUT2D eigenvalue weighted by molar-refractivity contribution is 5.47. The van der Waals surface area contributed by atoms with Gasteiger partial charge in [0.15, 0.2) is 11.5 Å². The third kappa shape index (κ3) is 6.84. The minimum atomic E-state index is -0.493. The molecule has 0 fully saturated rings. The van der Waals surface area contributed by atoms with E-state index < -0.39 is 11.2 Å².